The number of anilines is 1. The minimum Gasteiger partial charge on any atom is -0.466 e. The first-order valence-corrected chi connectivity index (χ1v) is 10.9. The maximum atomic E-state index is 12.6. The summed E-state index contributed by atoms with van der Waals surface area (Å²) in [6.07, 6.45) is -1.53. The van der Waals surface area contributed by atoms with Gasteiger partial charge in [-0.15, -0.1) is 0 Å². The highest BCUT2D eigenvalue weighted by Crippen LogP contribution is 2.50. The van der Waals surface area contributed by atoms with Gasteiger partial charge in [0.25, 0.3) is 0 Å². The number of carbonyl (C=O) groups is 4. The highest BCUT2D eigenvalue weighted by molar-refractivity contribution is 5.86. The van der Waals surface area contributed by atoms with Crippen LogP contribution < -0.4 is 10.6 Å². The Labute approximate surface area is 193 Å². The van der Waals surface area contributed by atoms with E-state index in [9.17, 15) is 19.2 Å². The van der Waals surface area contributed by atoms with Crippen molar-refractivity contribution in [2.24, 2.45) is 17.8 Å². The van der Waals surface area contributed by atoms with Crippen molar-refractivity contribution in [3.05, 3.63) is 30.3 Å². The third-order valence-corrected chi connectivity index (χ3v) is 4.81. The summed E-state index contributed by atoms with van der Waals surface area (Å²) in [5.41, 5.74) is -0.237. The van der Waals surface area contributed by atoms with Crippen LogP contribution in [0.3, 0.4) is 0 Å². The second-order valence-electron chi connectivity index (χ2n) is 8.48. The molecule has 1 aliphatic rings. The number of hydrogen-bond donors (Lipinski definition) is 2. The molecule has 10 heteroatoms. The van der Waals surface area contributed by atoms with Crippen molar-refractivity contribution in [3.63, 3.8) is 0 Å². The van der Waals surface area contributed by atoms with Crippen LogP contribution in [-0.4, -0.2) is 55.6 Å². The van der Waals surface area contributed by atoms with Gasteiger partial charge in [0.05, 0.1) is 25.7 Å². The SMILES string of the molecule is CCOC(=O)[C@@H]1[C@@H](COC(=O)Nc2ccccc2)[C@H]1[C@@H](NC(=O)OC(C)(C)C)C(=O)OCC. The van der Waals surface area contributed by atoms with Gasteiger partial charge in [-0.1, -0.05) is 18.2 Å². The van der Waals surface area contributed by atoms with Gasteiger partial charge in [0.1, 0.15) is 11.6 Å². The first-order valence-electron chi connectivity index (χ1n) is 10.9. The van der Waals surface area contributed by atoms with Gasteiger partial charge in [-0.05, 0) is 46.8 Å². The summed E-state index contributed by atoms with van der Waals surface area (Å²) in [7, 11) is 0. The van der Waals surface area contributed by atoms with Crippen LogP contribution >= 0.6 is 0 Å². The molecule has 0 aromatic heterocycles. The fourth-order valence-corrected chi connectivity index (χ4v) is 3.47. The number of benzene rings is 1. The van der Waals surface area contributed by atoms with Gasteiger partial charge in [-0.3, -0.25) is 10.1 Å². The lowest BCUT2D eigenvalue weighted by molar-refractivity contribution is -0.147. The van der Waals surface area contributed by atoms with Crippen molar-refractivity contribution in [2.45, 2.75) is 46.3 Å². The summed E-state index contributed by atoms with van der Waals surface area (Å²) in [5, 5.41) is 5.09. The quantitative estimate of drug-likeness (QED) is 0.421. The molecule has 0 spiro atoms. The molecular formula is C23H32N2O8. The molecule has 0 aliphatic heterocycles. The minimum atomic E-state index is -1.17. The van der Waals surface area contributed by atoms with Gasteiger partial charge in [0, 0.05) is 17.5 Å². The zero-order valence-electron chi connectivity index (χ0n) is 19.6. The normalized spacial score (nSPS) is 20.1. The van der Waals surface area contributed by atoms with Gasteiger partial charge in [0.15, 0.2) is 0 Å². The molecule has 1 aliphatic carbocycles. The van der Waals surface area contributed by atoms with Crippen molar-refractivity contribution < 1.29 is 38.1 Å². The summed E-state index contributed by atoms with van der Waals surface area (Å²) >= 11 is 0. The second kappa shape index (κ2) is 11.5. The van der Waals surface area contributed by atoms with E-state index in [2.05, 4.69) is 10.6 Å². The van der Waals surface area contributed by atoms with Crippen molar-refractivity contribution in [1.29, 1.82) is 0 Å². The first kappa shape index (κ1) is 26.0. The van der Waals surface area contributed by atoms with Gasteiger partial charge in [-0.2, -0.15) is 0 Å². The smallest absolute Gasteiger partial charge is 0.411 e. The third kappa shape index (κ3) is 7.96. The van der Waals surface area contributed by atoms with Crippen LogP contribution in [0.2, 0.25) is 0 Å². The summed E-state index contributed by atoms with van der Waals surface area (Å²) in [4.78, 5) is 49.6. The Morgan fingerprint density at radius 1 is 0.939 bits per heavy atom. The minimum absolute atomic E-state index is 0.0861. The lowest BCUT2D eigenvalue weighted by Crippen LogP contribution is -2.46. The van der Waals surface area contributed by atoms with Gasteiger partial charge < -0.3 is 24.3 Å². The number of amides is 2. The first-order chi connectivity index (χ1) is 15.6. The number of carbonyl (C=O) groups excluding carboxylic acids is 4. The van der Waals surface area contributed by atoms with Gasteiger partial charge in [-0.25, -0.2) is 14.4 Å². The average Bonchev–Trinajstić information content (AvgIpc) is 3.44. The van der Waals surface area contributed by atoms with Crippen LogP contribution in [0, 0.1) is 17.8 Å². The van der Waals surface area contributed by atoms with E-state index in [-0.39, 0.29) is 19.8 Å². The fourth-order valence-electron chi connectivity index (χ4n) is 3.47. The topological polar surface area (TPSA) is 129 Å². The molecule has 2 N–H and O–H groups in total. The average molecular weight is 465 g/mol. The van der Waals surface area contributed by atoms with E-state index in [1.54, 1.807) is 58.9 Å². The lowest BCUT2D eigenvalue weighted by atomic mass is 10.1. The molecule has 2 amide bonds. The Bertz CT molecular complexity index is 837. The lowest BCUT2D eigenvalue weighted by Gasteiger charge is -2.23. The van der Waals surface area contributed by atoms with E-state index in [1.807, 2.05) is 6.07 Å². The fraction of sp³-hybridized carbons (Fsp3) is 0.565. The Kier molecular flexibility index (Phi) is 9.07. The molecule has 0 unspecified atom stereocenters. The van der Waals surface area contributed by atoms with E-state index >= 15 is 0 Å². The molecule has 0 bridgehead atoms. The number of alkyl carbamates (subject to hydrolysis) is 1. The number of esters is 2. The highest BCUT2D eigenvalue weighted by atomic mass is 16.6. The van der Waals surface area contributed by atoms with Crippen LogP contribution in [0.4, 0.5) is 15.3 Å². The number of nitrogens with one attached hydrogen (secondary N) is 2. The van der Waals surface area contributed by atoms with Crippen molar-refractivity contribution in [1.82, 2.24) is 5.32 Å². The predicted octanol–water partition coefficient (Wildman–Crippen LogP) is 3.12. The molecule has 0 saturated heterocycles. The molecule has 33 heavy (non-hydrogen) atoms. The van der Waals surface area contributed by atoms with Gasteiger partial charge in [0.2, 0.25) is 0 Å². The van der Waals surface area contributed by atoms with Crippen LogP contribution in [-0.2, 0) is 28.5 Å². The molecule has 1 saturated carbocycles. The maximum Gasteiger partial charge on any atom is 0.411 e. The summed E-state index contributed by atoms with van der Waals surface area (Å²) in [6, 6.07) is 7.56. The molecule has 2 rings (SSSR count). The van der Waals surface area contributed by atoms with Crippen molar-refractivity contribution >= 4 is 29.8 Å². The molecule has 1 aromatic rings. The largest absolute Gasteiger partial charge is 0.466 e. The van der Waals surface area contributed by atoms with E-state index in [0.29, 0.717) is 5.69 Å². The Morgan fingerprint density at radius 3 is 2.15 bits per heavy atom. The summed E-state index contributed by atoms with van der Waals surface area (Å²) < 4.78 is 20.7. The second-order valence-corrected chi connectivity index (χ2v) is 8.48. The van der Waals surface area contributed by atoms with E-state index < -0.39 is 53.5 Å². The molecule has 1 aromatic carbocycles. The Hall–Kier alpha value is -3.30. The zero-order chi connectivity index (χ0) is 24.6. The molecule has 10 nitrogen and oxygen atoms in total. The predicted molar refractivity (Wildman–Crippen MR) is 118 cm³/mol. The number of ether oxygens (including phenoxy) is 4. The maximum absolute atomic E-state index is 12.6. The molecular weight excluding hydrogens is 432 g/mol. The third-order valence-electron chi connectivity index (χ3n) is 4.81. The number of rotatable bonds is 9. The van der Waals surface area contributed by atoms with Crippen LogP contribution in [0.25, 0.3) is 0 Å². The van der Waals surface area contributed by atoms with Crippen LogP contribution in [0.5, 0.6) is 0 Å². The van der Waals surface area contributed by atoms with Crippen LogP contribution in [0.1, 0.15) is 34.6 Å². The van der Waals surface area contributed by atoms with E-state index in [0.717, 1.165) is 0 Å². The molecule has 4 atom stereocenters. The van der Waals surface area contributed by atoms with Gasteiger partial charge >= 0.3 is 24.1 Å². The Morgan fingerprint density at radius 2 is 1.58 bits per heavy atom. The molecule has 1 fully saturated rings. The van der Waals surface area contributed by atoms with Crippen LogP contribution in [0.15, 0.2) is 30.3 Å². The van der Waals surface area contributed by atoms with Crippen molar-refractivity contribution in [2.75, 3.05) is 25.1 Å². The Balaban J connectivity index is 2.11. The monoisotopic (exact) mass is 464 g/mol. The van der Waals surface area contributed by atoms with E-state index in [1.165, 1.54) is 0 Å². The molecule has 0 heterocycles. The van der Waals surface area contributed by atoms with E-state index in [4.69, 9.17) is 18.9 Å². The zero-order valence-corrected chi connectivity index (χ0v) is 19.6. The summed E-state index contributed by atoms with van der Waals surface area (Å²) in [6.45, 7) is 8.43. The number of hydrogen-bond acceptors (Lipinski definition) is 8. The molecule has 0 radical (unpaired) electrons. The van der Waals surface area contributed by atoms with Crippen molar-refractivity contribution in [3.8, 4) is 0 Å². The number of para-hydroxylation sites is 1. The highest BCUT2D eigenvalue weighted by Gasteiger charge is 2.62. The summed E-state index contributed by atoms with van der Waals surface area (Å²) in [5.74, 6) is -3.23. The molecule has 182 valence electrons. The standard InChI is InChI=1S/C23H32N2O8/c1-6-30-19(26)17-15(13-32-21(28)24-14-11-9-8-10-12-14)16(17)18(20(27)31-7-2)25-22(29)33-23(3,4)5/h8-12,15-18H,6-7,13H2,1-5H3,(H,24,28)(H,25,29)/t15-,16+,17+,18+/m0/s1.